The first kappa shape index (κ1) is 23.1. The molecule has 180 valence electrons. The molecule has 35 heavy (non-hydrogen) atoms. The van der Waals surface area contributed by atoms with Gasteiger partial charge in [0, 0.05) is 44.0 Å². The van der Waals surface area contributed by atoms with E-state index in [9.17, 15) is 4.79 Å². The molecule has 0 saturated carbocycles. The number of hydrogen-bond donors (Lipinski definition) is 0. The summed E-state index contributed by atoms with van der Waals surface area (Å²) in [4.78, 5) is 22.8. The van der Waals surface area contributed by atoms with Crippen LogP contribution in [0.4, 0.5) is 0 Å². The van der Waals surface area contributed by atoms with Gasteiger partial charge in [0.1, 0.15) is 11.3 Å². The second kappa shape index (κ2) is 9.88. The molecule has 1 aliphatic rings. The van der Waals surface area contributed by atoms with Crippen molar-refractivity contribution in [3.05, 3.63) is 83.7 Å². The zero-order valence-electron chi connectivity index (χ0n) is 20.5. The number of carbonyl (C=O) groups is 1. The summed E-state index contributed by atoms with van der Waals surface area (Å²) in [6.07, 6.45) is 1.67. The van der Waals surface area contributed by atoms with E-state index in [1.54, 1.807) is 13.3 Å². The van der Waals surface area contributed by atoms with Crippen molar-refractivity contribution in [2.75, 3.05) is 33.3 Å². The van der Waals surface area contributed by atoms with E-state index in [1.165, 1.54) is 5.56 Å². The van der Waals surface area contributed by atoms with Gasteiger partial charge in [-0.2, -0.15) is 5.10 Å². The number of fused-ring (bicyclic) bond motifs is 1. The molecular weight excluding hydrogens is 438 g/mol. The van der Waals surface area contributed by atoms with E-state index in [-0.39, 0.29) is 11.8 Å². The van der Waals surface area contributed by atoms with Crippen molar-refractivity contribution in [3.8, 4) is 17.0 Å². The van der Waals surface area contributed by atoms with Crippen LogP contribution in [0.2, 0.25) is 0 Å². The van der Waals surface area contributed by atoms with Gasteiger partial charge in [0.15, 0.2) is 5.65 Å². The van der Waals surface area contributed by atoms with Crippen LogP contribution in [0, 0.1) is 0 Å². The van der Waals surface area contributed by atoms with Gasteiger partial charge >= 0.3 is 0 Å². The molecule has 0 radical (unpaired) electrons. The van der Waals surface area contributed by atoms with Crippen LogP contribution in [-0.2, 0) is 6.54 Å². The highest BCUT2D eigenvalue weighted by Gasteiger charge is 2.26. The second-order valence-corrected chi connectivity index (χ2v) is 9.30. The Labute approximate surface area is 206 Å². The summed E-state index contributed by atoms with van der Waals surface area (Å²) in [7, 11) is 1.65. The van der Waals surface area contributed by atoms with Gasteiger partial charge in [-0.15, -0.1) is 0 Å². The first-order chi connectivity index (χ1) is 17.0. The Morgan fingerprint density at radius 1 is 1.00 bits per heavy atom. The molecule has 0 unspecified atom stereocenters. The first-order valence-corrected chi connectivity index (χ1v) is 12.1. The molecule has 0 N–H and O–H groups in total. The van der Waals surface area contributed by atoms with Crippen LogP contribution in [0.5, 0.6) is 5.75 Å². The summed E-state index contributed by atoms with van der Waals surface area (Å²) in [5.41, 5.74) is 5.28. The second-order valence-electron chi connectivity index (χ2n) is 9.30. The number of carbonyl (C=O) groups excluding carboxylic acids is 1. The van der Waals surface area contributed by atoms with Crippen molar-refractivity contribution < 1.29 is 9.53 Å². The number of hydrogen-bond acceptors (Lipinski definition) is 5. The fraction of sp³-hybridized carbons (Fsp3) is 0.321. The number of rotatable bonds is 6. The lowest BCUT2D eigenvalue weighted by atomic mass is 10.1. The third-order valence-corrected chi connectivity index (χ3v) is 6.62. The Bertz CT molecular complexity index is 1310. The van der Waals surface area contributed by atoms with Gasteiger partial charge in [-0.05, 0) is 41.8 Å². The first-order valence-electron chi connectivity index (χ1n) is 12.1. The number of ether oxygens (including phenoxy) is 1. The third-order valence-electron chi connectivity index (χ3n) is 6.62. The quantitative estimate of drug-likeness (QED) is 0.417. The lowest BCUT2D eigenvalue weighted by Crippen LogP contribution is -2.48. The minimum Gasteiger partial charge on any atom is -0.497 e. The van der Waals surface area contributed by atoms with E-state index in [1.807, 2.05) is 39.7 Å². The molecule has 1 aliphatic heterocycles. The molecule has 2 aromatic carbocycles. The highest BCUT2D eigenvalue weighted by Crippen LogP contribution is 2.27. The van der Waals surface area contributed by atoms with E-state index in [2.05, 4.69) is 54.2 Å². The standard InChI is InChI=1S/C28H31N5O2/c1-20(2)26-17-25(22-9-11-23(35-3)12-10-22)30-27-24(18-29-33(26)27)28(34)32-15-13-31(14-16-32)19-21-7-5-4-6-8-21/h4-12,17-18,20H,13-16,19H2,1-3H3. The van der Waals surface area contributed by atoms with Crippen LogP contribution in [0.25, 0.3) is 16.9 Å². The molecule has 7 heteroatoms. The molecule has 1 saturated heterocycles. The van der Waals surface area contributed by atoms with Gasteiger partial charge in [-0.1, -0.05) is 44.2 Å². The minimum absolute atomic E-state index is 0.00607. The van der Waals surface area contributed by atoms with E-state index in [0.29, 0.717) is 24.3 Å². The highest BCUT2D eigenvalue weighted by molar-refractivity contribution is 6.00. The zero-order chi connectivity index (χ0) is 24.4. The molecule has 1 fully saturated rings. The molecule has 4 aromatic rings. The molecule has 0 spiro atoms. The number of benzene rings is 2. The smallest absolute Gasteiger partial charge is 0.259 e. The molecule has 2 aromatic heterocycles. The average molecular weight is 470 g/mol. The van der Waals surface area contributed by atoms with Crippen molar-refractivity contribution in [2.24, 2.45) is 0 Å². The van der Waals surface area contributed by atoms with Crippen molar-refractivity contribution in [3.63, 3.8) is 0 Å². The predicted octanol–water partition coefficient (Wildman–Crippen LogP) is 4.49. The summed E-state index contributed by atoms with van der Waals surface area (Å²) in [5.74, 6) is 1.01. The molecular formula is C28H31N5O2. The van der Waals surface area contributed by atoms with Gasteiger partial charge in [0.2, 0.25) is 0 Å². The Balaban J connectivity index is 1.40. The van der Waals surface area contributed by atoms with Crippen molar-refractivity contribution in [2.45, 2.75) is 26.3 Å². The monoisotopic (exact) mass is 469 g/mol. The molecule has 1 amide bonds. The summed E-state index contributed by atoms with van der Waals surface area (Å²) in [5, 5.41) is 4.56. The molecule has 3 heterocycles. The maximum absolute atomic E-state index is 13.5. The van der Waals surface area contributed by atoms with Crippen LogP contribution < -0.4 is 4.74 Å². The summed E-state index contributed by atoms with van der Waals surface area (Å²) >= 11 is 0. The lowest BCUT2D eigenvalue weighted by molar-refractivity contribution is 0.0630. The summed E-state index contributed by atoms with van der Waals surface area (Å²) < 4.78 is 7.11. The lowest BCUT2D eigenvalue weighted by Gasteiger charge is -2.34. The number of aromatic nitrogens is 3. The number of methoxy groups -OCH3 is 1. The van der Waals surface area contributed by atoms with Crippen molar-refractivity contribution in [1.29, 1.82) is 0 Å². The molecule has 0 aliphatic carbocycles. The van der Waals surface area contributed by atoms with Crippen LogP contribution in [-0.4, -0.2) is 63.6 Å². The molecule has 0 bridgehead atoms. The van der Waals surface area contributed by atoms with Gasteiger partial charge < -0.3 is 9.64 Å². The molecule has 7 nitrogen and oxygen atoms in total. The van der Waals surface area contributed by atoms with Crippen molar-refractivity contribution in [1.82, 2.24) is 24.4 Å². The van der Waals surface area contributed by atoms with Crippen molar-refractivity contribution >= 4 is 11.6 Å². The van der Waals surface area contributed by atoms with Crippen LogP contribution in [0.3, 0.4) is 0 Å². The fourth-order valence-corrected chi connectivity index (χ4v) is 4.58. The Hall–Kier alpha value is -3.71. The van der Waals surface area contributed by atoms with Crippen LogP contribution in [0.15, 0.2) is 66.9 Å². The highest BCUT2D eigenvalue weighted by atomic mass is 16.5. The van der Waals surface area contributed by atoms with Gasteiger partial charge in [-0.3, -0.25) is 9.69 Å². The topological polar surface area (TPSA) is 63.0 Å². The third kappa shape index (κ3) is 4.77. The van der Waals surface area contributed by atoms with E-state index < -0.39 is 0 Å². The fourth-order valence-electron chi connectivity index (χ4n) is 4.58. The molecule has 0 atom stereocenters. The number of nitrogens with zero attached hydrogens (tertiary/aromatic N) is 5. The normalized spacial score (nSPS) is 14.6. The van der Waals surface area contributed by atoms with Gasteiger partial charge in [-0.25, -0.2) is 9.50 Å². The van der Waals surface area contributed by atoms with E-state index in [0.717, 1.165) is 42.3 Å². The number of piperazine rings is 1. The average Bonchev–Trinajstić information content (AvgIpc) is 3.33. The maximum Gasteiger partial charge on any atom is 0.259 e. The van der Waals surface area contributed by atoms with E-state index >= 15 is 0 Å². The number of amides is 1. The molecule has 5 rings (SSSR count). The maximum atomic E-state index is 13.5. The zero-order valence-corrected chi connectivity index (χ0v) is 20.5. The van der Waals surface area contributed by atoms with E-state index in [4.69, 9.17) is 9.72 Å². The Kier molecular flexibility index (Phi) is 6.51. The largest absolute Gasteiger partial charge is 0.497 e. The Morgan fingerprint density at radius 3 is 2.37 bits per heavy atom. The summed E-state index contributed by atoms with van der Waals surface area (Å²) in [6.45, 7) is 8.24. The van der Waals surface area contributed by atoms with Crippen LogP contribution in [0.1, 0.15) is 41.4 Å². The minimum atomic E-state index is -0.00607. The van der Waals surface area contributed by atoms with Gasteiger partial charge in [0.05, 0.1) is 19.0 Å². The Morgan fingerprint density at radius 2 is 1.71 bits per heavy atom. The predicted molar refractivity (Wildman–Crippen MR) is 137 cm³/mol. The summed E-state index contributed by atoms with van der Waals surface area (Å²) in [6, 6.07) is 20.4. The van der Waals surface area contributed by atoms with Crippen LogP contribution >= 0.6 is 0 Å². The SMILES string of the molecule is COc1ccc(-c2cc(C(C)C)n3ncc(C(=O)N4CCN(Cc5ccccc5)CC4)c3n2)cc1. The van der Waals surface area contributed by atoms with Gasteiger partial charge in [0.25, 0.3) is 5.91 Å².